The lowest BCUT2D eigenvalue weighted by molar-refractivity contribution is -0.144. The quantitative estimate of drug-likeness (QED) is 0.120. The molecule has 0 saturated carbocycles. The van der Waals surface area contributed by atoms with Crippen LogP contribution in [-0.2, 0) is 19.2 Å². The summed E-state index contributed by atoms with van der Waals surface area (Å²) < 4.78 is 0. The monoisotopic (exact) mass is 624 g/mol. The smallest absolute Gasteiger partial charge is 0.323 e. The molecule has 0 aromatic heterocycles. The van der Waals surface area contributed by atoms with Crippen molar-refractivity contribution in [2.24, 2.45) is 5.73 Å². The van der Waals surface area contributed by atoms with Gasteiger partial charge < -0.3 is 37.0 Å². The molecule has 0 unspecified atom stereocenters. The maximum atomic E-state index is 12.6. The third-order valence-corrected chi connectivity index (χ3v) is 6.48. The van der Waals surface area contributed by atoms with Gasteiger partial charge >= 0.3 is 5.97 Å². The van der Waals surface area contributed by atoms with Gasteiger partial charge in [0.05, 0.1) is 0 Å². The fourth-order valence-corrected chi connectivity index (χ4v) is 4.14. The Bertz CT molecular complexity index is 1380. The van der Waals surface area contributed by atoms with Crippen molar-refractivity contribution in [3.05, 3.63) is 70.8 Å². The maximum absolute atomic E-state index is 12.6. The summed E-state index contributed by atoms with van der Waals surface area (Å²) in [6, 6.07) is 13.0. The molecule has 0 aliphatic rings. The molecule has 14 heteroatoms. The molecule has 2 aromatic carbocycles. The zero-order valence-electron chi connectivity index (χ0n) is 25.2. The molecule has 0 aliphatic carbocycles. The minimum absolute atomic E-state index is 0.00271. The van der Waals surface area contributed by atoms with Crippen molar-refractivity contribution < 1.29 is 38.7 Å². The average molecular weight is 625 g/mol. The van der Waals surface area contributed by atoms with Gasteiger partial charge in [-0.2, -0.15) is 0 Å². The molecule has 0 bridgehead atoms. The summed E-state index contributed by atoms with van der Waals surface area (Å²) in [5.41, 5.74) is 7.15. The summed E-state index contributed by atoms with van der Waals surface area (Å²) in [6.45, 7) is 2.05. The van der Waals surface area contributed by atoms with Crippen LogP contribution in [0.25, 0.3) is 0 Å². The number of hydrogen-bond donors (Lipinski definition) is 6. The zero-order chi connectivity index (χ0) is 33.2. The average Bonchev–Trinajstić information content (AvgIpc) is 2.99. The number of rotatable bonds is 19. The van der Waals surface area contributed by atoms with Crippen molar-refractivity contribution in [1.82, 2.24) is 26.2 Å². The van der Waals surface area contributed by atoms with E-state index in [1.165, 1.54) is 29.2 Å². The number of carboxylic acids is 1. The second-order valence-electron chi connectivity index (χ2n) is 10.2. The van der Waals surface area contributed by atoms with Crippen molar-refractivity contribution in [2.45, 2.75) is 39.0 Å². The van der Waals surface area contributed by atoms with E-state index in [0.717, 1.165) is 5.56 Å². The highest BCUT2D eigenvalue weighted by Gasteiger charge is 2.17. The fraction of sp³-hybridized carbons (Fsp3) is 0.387. The lowest BCUT2D eigenvalue weighted by Gasteiger charge is -2.21. The number of amides is 6. The Morgan fingerprint density at radius 3 is 1.82 bits per heavy atom. The van der Waals surface area contributed by atoms with E-state index in [0.29, 0.717) is 24.9 Å². The molecule has 14 nitrogen and oxygen atoms in total. The summed E-state index contributed by atoms with van der Waals surface area (Å²) in [4.78, 5) is 84.8. The van der Waals surface area contributed by atoms with Gasteiger partial charge in [-0.05, 0) is 50.1 Å². The molecule has 7 N–H and O–H groups in total. The summed E-state index contributed by atoms with van der Waals surface area (Å²) >= 11 is 0. The lowest BCUT2D eigenvalue weighted by atomic mass is 10.1. The lowest BCUT2D eigenvalue weighted by Crippen LogP contribution is -2.39. The van der Waals surface area contributed by atoms with Crippen molar-refractivity contribution in [1.29, 1.82) is 0 Å². The molecule has 242 valence electrons. The van der Waals surface area contributed by atoms with Crippen molar-refractivity contribution in [3.63, 3.8) is 0 Å². The maximum Gasteiger partial charge on any atom is 0.323 e. The van der Waals surface area contributed by atoms with Gasteiger partial charge in [0, 0.05) is 68.7 Å². The SMILES string of the molecule is Cc1cccc(C(=O)NCCCCN(CC(=O)O)C(=O)CCNC(=O)CCNC(=O)CCNC(=O)c2cccc(C(N)=O)c2)c1. The van der Waals surface area contributed by atoms with Crippen LogP contribution < -0.4 is 27.0 Å². The number of nitrogens with zero attached hydrogens (tertiary/aromatic N) is 1. The van der Waals surface area contributed by atoms with Crippen LogP contribution in [0.3, 0.4) is 0 Å². The summed E-state index contributed by atoms with van der Waals surface area (Å²) in [5.74, 6) is -3.72. The zero-order valence-corrected chi connectivity index (χ0v) is 25.2. The normalized spacial score (nSPS) is 10.3. The second-order valence-corrected chi connectivity index (χ2v) is 10.2. The van der Waals surface area contributed by atoms with E-state index >= 15 is 0 Å². The molecule has 0 aliphatic heterocycles. The van der Waals surface area contributed by atoms with E-state index < -0.39 is 36.1 Å². The largest absolute Gasteiger partial charge is 0.480 e. The van der Waals surface area contributed by atoms with E-state index in [4.69, 9.17) is 5.73 Å². The molecule has 45 heavy (non-hydrogen) atoms. The van der Waals surface area contributed by atoms with Crippen LogP contribution in [0, 0.1) is 6.92 Å². The number of nitrogens with two attached hydrogens (primary N) is 1. The van der Waals surface area contributed by atoms with E-state index in [1.54, 1.807) is 18.2 Å². The van der Waals surface area contributed by atoms with Crippen molar-refractivity contribution in [2.75, 3.05) is 39.3 Å². The van der Waals surface area contributed by atoms with Gasteiger partial charge in [-0.15, -0.1) is 0 Å². The number of carboxylic acid groups (broad SMARTS) is 1. The third-order valence-electron chi connectivity index (χ3n) is 6.48. The van der Waals surface area contributed by atoms with Gasteiger partial charge in [-0.25, -0.2) is 0 Å². The molecule has 0 radical (unpaired) electrons. The molecule has 6 amide bonds. The molecule has 0 atom stereocenters. The topological polar surface area (TPSA) is 217 Å². The first-order valence-electron chi connectivity index (χ1n) is 14.5. The molecule has 2 rings (SSSR count). The van der Waals surface area contributed by atoms with Gasteiger partial charge in [0.2, 0.25) is 23.6 Å². The van der Waals surface area contributed by atoms with E-state index in [1.807, 2.05) is 13.0 Å². The standard InChI is InChI=1S/C31H40N6O8/c1-21-6-4-8-23(18-21)30(44)35-13-2-3-17-37(20-28(41)42)27(40)12-16-34-25(38)10-14-33-26(39)11-15-36-31(45)24-9-5-7-22(19-24)29(32)43/h4-9,18-19H,2-3,10-17,20H2,1H3,(H2,32,43)(H,33,39)(H,34,38)(H,35,44)(H,36,45)(H,41,42). The Balaban J connectivity index is 1.60. The van der Waals surface area contributed by atoms with Crippen LogP contribution in [0.15, 0.2) is 48.5 Å². The highest BCUT2D eigenvalue weighted by atomic mass is 16.4. The molecule has 0 fully saturated rings. The third kappa shape index (κ3) is 14.2. The molecular formula is C31H40N6O8. The number of carbonyl (C=O) groups excluding carboxylic acids is 6. The minimum atomic E-state index is -1.16. The highest BCUT2D eigenvalue weighted by Crippen LogP contribution is 2.06. The van der Waals surface area contributed by atoms with Crippen LogP contribution in [0.5, 0.6) is 0 Å². The van der Waals surface area contributed by atoms with Crippen LogP contribution in [-0.4, -0.2) is 90.7 Å². The fourth-order valence-electron chi connectivity index (χ4n) is 4.14. The number of aliphatic carboxylic acids is 1. The number of nitrogens with one attached hydrogen (secondary N) is 4. The number of carbonyl (C=O) groups is 7. The van der Waals surface area contributed by atoms with E-state index in [9.17, 15) is 38.7 Å². The Morgan fingerprint density at radius 1 is 0.689 bits per heavy atom. The number of primary amides is 1. The summed E-state index contributed by atoms with van der Waals surface area (Å²) in [6.07, 6.45) is 0.846. The predicted octanol–water partition coefficient (Wildman–Crippen LogP) is 0.350. The van der Waals surface area contributed by atoms with Crippen LogP contribution >= 0.6 is 0 Å². The van der Waals surface area contributed by atoms with Crippen LogP contribution in [0.4, 0.5) is 0 Å². The number of aryl methyl sites for hydroxylation is 1. The first kappa shape index (κ1) is 35.9. The van der Waals surface area contributed by atoms with Crippen LogP contribution in [0.1, 0.15) is 68.7 Å². The van der Waals surface area contributed by atoms with Crippen molar-refractivity contribution in [3.8, 4) is 0 Å². The molecular weight excluding hydrogens is 584 g/mol. The predicted molar refractivity (Wildman–Crippen MR) is 164 cm³/mol. The number of benzene rings is 2. The number of unbranched alkanes of at least 4 members (excludes halogenated alkanes) is 1. The molecule has 0 saturated heterocycles. The Morgan fingerprint density at radius 2 is 1.22 bits per heavy atom. The van der Waals surface area contributed by atoms with E-state index in [2.05, 4.69) is 21.3 Å². The van der Waals surface area contributed by atoms with Gasteiger partial charge in [-0.1, -0.05) is 23.8 Å². The Labute approximate surface area is 261 Å². The first-order valence-corrected chi connectivity index (χ1v) is 14.5. The molecule has 0 spiro atoms. The first-order chi connectivity index (χ1) is 21.5. The van der Waals surface area contributed by atoms with Gasteiger partial charge in [0.1, 0.15) is 6.54 Å². The Hall–Kier alpha value is -5.27. The Kier molecular flexibility index (Phi) is 15.2. The van der Waals surface area contributed by atoms with Crippen LogP contribution in [0.2, 0.25) is 0 Å². The van der Waals surface area contributed by atoms with Crippen molar-refractivity contribution >= 4 is 41.4 Å². The highest BCUT2D eigenvalue weighted by molar-refractivity contribution is 5.99. The molecule has 0 heterocycles. The molecule has 2 aromatic rings. The summed E-state index contributed by atoms with van der Waals surface area (Å²) in [7, 11) is 0. The van der Waals surface area contributed by atoms with Gasteiger partial charge in [0.15, 0.2) is 0 Å². The van der Waals surface area contributed by atoms with Gasteiger partial charge in [0.25, 0.3) is 11.8 Å². The number of hydrogen-bond acceptors (Lipinski definition) is 7. The summed E-state index contributed by atoms with van der Waals surface area (Å²) in [5, 5.41) is 19.7. The second kappa shape index (κ2) is 19.1. The van der Waals surface area contributed by atoms with E-state index in [-0.39, 0.29) is 68.4 Å². The minimum Gasteiger partial charge on any atom is -0.480 e. The van der Waals surface area contributed by atoms with Gasteiger partial charge in [-0.3, -0.25) is 33.6 Å².